The van der Waals surface area contributed by atoms with E-state index in [1.807, 2.05) is 24.3 Å². The summed E-state index contributed by atoms with van der Waals surface area (Å²) < 4.78 is 2.72. The van der Waals surface area contributed by atoms with Crippen molar-refractivity contribution in [2.75, 3.05) is 11.5 Å². The minimum atomic E-state index is 0.447. The number of hydrogen-bond donors (Lipinski definition) is 2. The van der Waals surface area contributed by atoms with Crippen LogP contribution in [0.5, 0.6) is 0 Å². The molecule has 4 nitrogen and oxygen atoms in total. The van der Waals surface area contributed by atoms with Crippen LogP contribution >= 0.6 is 15.9 Å². The van der Waals surface area contributed by atoms with Gasteiger partial charge in [-0.1, -0.05) is 28.1 Å². The topological polar surface area (TPSA) is 69.9 Å². The lowest BCUT2D eigenvalue weighted by Gasteiger charge is -2.04. The molecule has 0 amide bonds. The third-order valence-electron chi connectivity index (χ3n) is 2.05. The van der Waals surface area contributed by atoms with Crippen molar-refractivity contribution in [1.29, 1.82) is 0 Å². The summed E-state index contributed by atoms with van der Waals surface area (Å²) in [5.74, 6) is 1.02. The van der Waals surface area contributed by atoms with Crippen molar-refractivity contribution in [3.05, 3.63) is 40.4 Å². The van der Waals surface area contributed by atoms with Gasteiger partial charge in [-0.25, -0.2) is 4.68 Å². The van der Waals surface area contributed by atoms with Gasteiger partial charge in [-0.2, -0.15) is 5.10 Å². The molecule has 2 rings (SSSR count). The van der Waals surface area contributed by atoms with E-state index < -0.39 is 0 Å². The van der Waals surface area contributed by atoms with Crippen LogP contribution in [-0.2, 0) is 6.54 Å². The molecule has 4 N–H and O–H groups in total. The molecule has 2 aromatic rings. The Labute approximate surface area is 96.0 Å². The first-order chi connectivity index (χ1) is 7.15. The van der Waals surface area contributed by atoms with E-state index in [2.05, 4.69) is 21.0 Å². The fraction of sp³-hybridized carbons (Fsp3) is 0.100. The van der Waals surface area contributed by atoms with Crippen LogP contribution in [0.4, 0.5) is 11.6 Å². The minimum Gasteiger partial charge on any atom is -0.384 e. The Bertz CT molecular complexity index is 478. The molecule has 0 saturated carbocycles. The second kappa shape index (κ2) is 3.94. The molecule has 0 aliphatic heterocycles. The molecule has 0 bridgehead atoms. The van der Waals surface area contributed by atoms with Gasteiger partial charge in [0.05, 0.1) is 6.54 Å². The number of benzene rings is 1. The van der Waals surface area contributed by atoms with Crippen LogP contribution in [0.25, 0.3) is 0 Å². The van der Waals surface area contributed by atoms with Crippen LogP contribution in [0.15, 0.2) is 34.8 Å². The highest BCUT2D eigenvalue weighted by atomic mass is 79.9. The maximum absolute atomic E-state index is 5.74. The Morgan fingerprint density at radius 1 is 1.27 bits per heavy atom. The van der Waals surface area contributed by atoms with E-state index in [0.29, 0.717) is 18.2 Å². The molecule has 0 spiro atoms. The molecule has 15 heavy (non-hydrogen) atoms. The summed E-state index contributed by atoms with van der Waals surface area (Å²) in [4.78, 5) is 0. The van der Waals surface area contributed by atoms with Crippen LogP contribution in [0.1, 0.15) is 5.56 Å². The summed E-state index contributed by atoms with van der Waals surface area (Å²) in [5.41, 5.74) is 12.4. The summed E-state index contributed by atoms with van der Waals surface area (Å²) in [6.07, 6.45) is 0. The number of anilines is 2. The summed E-state index contributed by atoms with van der Waals surface area (Å²) in [6.45, 7) is 0.627. The molecule has 1 aromatic carbocycles. The minimum absolute atomic E-state index is 0.447. The Morgan fingerprint density at radius 3 is 2.67 bits per heavy atom. The maximum Gasteiger partial charge on any atom is 0.147 e. The van der Waals surface area contributed by atoms with Crippen molar-refractivity contribution >= 4 is 27.6 Å². The monoisotopic (exact) mass is 266 g/mol. The van der Waals surface area contributed by atoms with Gasteiger partial charge in [-0.05, 0) is 17.7 Å². The molecule has 5 heteroatoms. The van der Waals surface area contributed by atoms with Gasteiger partial charge in [0.1, 0.15) is 11.6 Å². The van der Waals surface area contributed by atoms with Crippen LogP contribution in [0, 0.1) is 0 Å². The first kappa shape index (κ1) is 10.0. The zero-order valence-corrected chi connectivity index (χ0v) is 9.61. The molecule has 0 aliphatic rings. The summed E-state index contributed by atoms with van der Waals surface area (Å²) in [6, 6.07) is 9.64. The Kier molecular flexibility index (Phi) is 2.64. The van der Waals surface area contributed by atoms with Crippen LogP contribution < -0.4 is 11.5 Å². The van der Waals surface area contributed by atoms with Crippen molar-refractivity contribution in [2.45, 2.75) is 6.54 Å². The fourth-order valence-corrected chi connectivity index (χ4v) is 1.83. The first-order valence-corrected chi connectivity index (χ1v) is 5.28. The van der Waals surface area contributed by atoms with Gasteiger partial charge in [-0.15, -0.1) is 0 Å². The average molecular weight is 267 g/mol. The molecule has 1 heterocycles. The molecule has 0 saturated heterocycles. The lowest BCUT2D eigenvalue weighted by atomic mass is 10.2. The highest BCUT2D eigenvalue weighted by Crippen LogP contribution is 2.15. The Balaban J connectivity index is 2.25. The molecular weight excluding hydrogens is 256 g/mol. The highest BCUT2D eigenvalue weighted by Gasteiger charge is 2.02. The molecule has 0 radical (unpaired) electrons. The number of aromatic nitrogens is 2. The molecular formula is C10H11BrN4. The maximum atomic E-state index is 5.74. The van der Waals surface area contributed by atoms with E-state index in [9.17, 15) is 0 Å². The van der Waals surface area contributed by atoms with Crippen molar-refractivity contribution in [2.24, 2.45) is 0 Å². The molecule has 0 atom stereocenters. The second-order valence-corrected chi connectivity index (χ2v) is 4.20. The van der Waals surface area contributed by atoms with Crippen molar-refractivity contribution in [3.8, 4) is 0 Å². The fourth-order valence-electron chi connectivity index (χ4n) is 1.39. The molecule has 0 fully saturated rings. The first-order valence-electron chi connectivity index (χ1n) is 4.48. The standard InChI is InChI=1S/C10H11BrN4/c11-8-3-1-2-7(4-8)6-15-10(13)5-9(12)14-15/h1-5H,6,13H2,(H2,12,14). The quantitative estimate of drug-likeness (QED) is 0.872. The van der Waals surface area contributed by atoms with Gasteiger partial charge < -0.3 is 11.5 Å². The third-order valence-corrected chi connectivity index (χ3v) is 2.54. The summed E-state index contributed by atoms with van der Waals surface area (Å²) in [5, 5.41) is 4.09. The van der Waals surface area contributed by atoms with E-state index in [0.717, 1.165) is 10.0 Å². The van der Waals surface area contributed by atoms with E-state index in [1.54, 1.807) is 10.7 Å². The number of halogens is 1. The predicted molar refractivity (Wildman–Crippen MR) is 64.3 cm³/mol. The van der Waals surface area contributed by atoms with Gasteiger partial charge in [0, 0.05) is 10.5 Å². The zero-order valence-electron chi connectivity index (χ0n) is 8.02. The second-order valence-electron chi connectivity index (χ2n) is 3.28. The van der Waals surface area contributed by atoms with Crippen LogP contribution in [0.3, 0.4) is 0 Å². The lowest BCUT2D eigenvalue weighted by Crippen LogP contribution is -2.05. The number of nitrogens with two attached hydrogens (primary N) is 2. The van der Waals surface area contributed by atoms with Gasteiger partial charge in [0.2, 0.25) is 0 Å². The Morgan fingerprint density at radius 2 is 2.07 bits per heavy atom. The normalized spacial score (nSPS) is 10.5. The largest absolute Gasteiger partial charge is 0.384 e. The SMILES string of the molecule is Nc1cc(N)n(Cc2cccc(Br)c2)n1. The number of nitrogen functional groups attached to an aromatic ring is 2. The number of nitrogens with zero attached hydrogens (tertiary/aromatic N) is 2. The molecule has 78 valence electrons. The van der Waals surface area contributed by atoms with E-state index in [1.165, 1.54) is 0 Å². The van der Waals surface area contributed by atoms with E-state index in [-0.39, 0.29) is 0 Å². The third kappa shape index (κ3) is 2.30. The lowest BCUT2D eigenvalue weighted by molar-refractivity contribution is 0.700. The number of rotatable bonds is 2. The number of hydrogen-bond acceptors (Lipinski definition) is 3. The highest BCUT2D eigenvalue weighted by molar-refractivity contribution is 9.10. The molecule has 0 aliphatic carbocycles. The summed E-state index contributed by atoms with van der Waals surface area (Å²) >= 11 is 3.41. The van der Waals surface area contributed by atoms with Gasteiger partial charge in [0.15, 0.2) is 0 Å². The molecule has 0 unspecified atom stereocenters. The van der Waals surface area contributed by atoms with Crippen LogP contribution in [-0.4, -0.2) is 9.78 Å². The van der Waals surface area contributed by atoms with Crippen molar-refractivity contribution in [1.82, 2.24) is 9.78 Å². The van der Waals surface area contributed by atoms with E-state index >= 15 is 0 Å². The van der Waals surface area contributed by atoms with Crippen molar-refractivity contribution in [3.63, 3.8) is 0 Å². The summed E-state index contributed by atoms with van der Waals surface area (Å²) in [7, 11) is 0. The van der Waals surface area contributed by atoms with Gasteiger partial charge >= 0.3 is 0 Å². The van der Waals surface area contributed by atoms with Gasteiger partial charge in [0.25, 0.3) is 0 Å². The zero-order chi connectivity index (χ0) is 10.8. The average Bonchev–Trinajstić information content (AvgIpc) is 2.45. The van der Waals surface area contributed by atoms with E-state index in [4.69, 9.17) is 11.5 Å². The van der Waals surface area contributed by atoms with Crippen LogP contribution in [0.2, 0.25) is 0 Å². The van der Waals surface area contributed by atoms with Crippen molar-refractivity contribution < 1.29 is 0 Å². The predicted octanol–water partition coefficient (Wildman–Crippen LogP) is 1.86. The smallest absolute Gasteiger partial charge is 0.147 e. The van der Waals surface area contributed by atoms with Gasteiger partial charge in [-0.3, -0.25) is 0 Å². The Hall–Kier alpha value is -1.49. The molecule has 1 aromatic heterocycles.